The standard InChI is InChI=1S/C9H10NO4/c1-7(11)13-9-4-3-5-10(6-9)14-8(2)12/h3-6H,1-2H3/q+1. The summed E-state index contributed by atoms with van der Waals surface area (Å²) in [6, 6.07) is 3.18. The van der Waals surface area contributed by atoms with Crippen molar-refractivity contribution in [2.24, 2.45) is 0 Å². The average Bonchev–Trinajstić information content (AvgIpc) is 2.01. The molecule has 1 aromatic rings. The summed E-state index contributed by atoms with van der Waals surface area (Å²) >= 11 is 0. The molecule has 0 aliphatic rings. The fourth-order valence-corrected chi connectivity index (χ4v) is 0.866. The van der Waals surface area contributed by atoms with Crippen molar-refractivity contribution in [3.8, 4) is 5.75 Å². The highest BCUT2D eigenvalue weighted by molar-refractivity contribution is 5.69. The Kier molecular flexibility index (Phi) is 3.17. The van der Waals surface area contributed by atoms with Crippen molar-refractivity contribution in [3.63, 3.8) is 0 Å². The molecule has 1 aromatic heterocycles. The van der Waals surface area contributed by atoms with Crippen LogP contribution in [0.5, 0.6) is 5.75 Å². The molecule has 0 spiro atoms. The van der Waals surface area contributed by atoms with Crippen LogP contribution in [-0.4, -0.2) is 11.9 Å². The monoisotopic (exact) mass is 196 g/mol. The fraction of sp³-hybridized carbons (Fsp3) is 0.222. The number of hydrogen-bond acceptors (Lipinski definition) is 4. The van der Waals surface area contributed by atoms with E-state index in [9.17, 15) is 9.59 Å². The van der Waals surface area contributed by atoms with Crippen molar-refractivity contribution >= 4 is 11.9 Å². The first-order chi connectivity index (χ1) is 6.58. The molecule has 0 aliphatic carbocycles. The largest absolute Gasteiger partial charge is 0.420 e. The first-order valence-electron chi connectivity index (χ1n) is 3.96. The van der Waals surface area contributed by atoms with E-state index in [1.807, 2.05) is 0 Å². The maximum Gasteiger partial charge on any atom is 0.377 e. The van der Waals surface area contributed by atoms with Gasteiger partial charge in [0.1, 0.15) is 0 Å². The molecule has 0 N–H and O–H groups in total. The van der Waals surface area contributed by atoms with Crippen LogP contribution >= 0.6 is 0 Å². The first kappa shape index (κ1) is 10.2. The zero-order valence-electron chi connectivity index (χ0n) is 7.89. The van der Waals surface area contributed by atoms with Crippen molar-refractivity contribution < 1.29 is 23.9 Å². The summed E-state index contributed by atoms with van der Waals surface area (Å²) in [5, 5.41) is 0. The molecule has 0 unspecified atom stereocenters. The van der Waals surface area contributed by atoms with Gasteiger partial charge in [0.05, 0.1) is 0 Å². The van der Waals surface area contributed by atoms with Gasteiger partial charge in [-0.25, -0.2) is 4.79 Å². The van der Waals surface area contributed by atoms with Crippen molar-refractivity contribution in [3.05, 3.63) is 24.5 Å². The fourth-order valence-electron chi connectivity index (χ4n) is 0.866. The minimum Gasteiger partial charge on any atom is -0.420 e. The number of ether oxygens (including phenoxy) is 1. The van der Waals surface area contributed by atoms with Gasteiger partial charge in [0.2, 0.25) is 6.20 Å². The molecule has 0 aliphatic heterocycles. The highest BCUT2D eigenvalue weighted by atomic mass is 16.7. The van der Waals surface area contributed by atoms with Gasteiger partial charge in [-0.2, -0.15) is 4.84 Å². The van der Waals surface area contributed by atoms with Crippen LogP contribution in [0.2, 0.25) is 0 Å². The van der Waals surface area contributed by atoms with Crippen LogP contribution in [0, 0.1) is 0 Å². The lowest BCUT2D eigenvalue weighted by molar-refractivity contribution is -0.869. The van der Waals surface area contributed by atoms with Gasteiger partial charge in [-0.3, -0.25) is 4.79 Å². The van der Waals surface area contributed by atoms with E-state index in [2.05, 4.69) is 0 Å². The second kappa shape index (κ2) is 4.36. The molecular formula is C9H10NO4+. The van der Waals surface area contributed by atoms with Gasteiger partial charge < -0.3 is 4.74 Å². The lowest BCUT2D eigenvalue weighted by Crippen LogP contribution is -2.44. The van der Waals surface area contributed by atoms with E-state index in [0.717, 1.165) is 0 Å². The van der Waals surface area contributed by atoms with Gasteiger partial charge in [0, 0.05) is 24.6 Å². The molecule has 0 fully saturated rings. The van der Waals surface area contributed by atoms with Crippen LogP contribution in [0.1, 0.15) is 13.8 Å². The van der Waals surface area contributed by atoms with Crippen LogP contribution in [-0.2, 0) is 9.59 Å². The molecule has 1 heterocycles. The van der Waals surface area contributed by atoms with Crippen LogP contribution in [0.15, 0.2) is 24.5 Å². The normalized spacial score (nSPS) is 9.29. The van der Waals surface area contributed by atoms with Crippen LogP contribution < -0.4 is 14.3 Å². The summed E-state index contributed by atoms with van der Waals surface area (Å²) in [6.07, 6.45) is 2.91. The Balaban J connectivity index is 2.78. The topological polar surface area (TPSA) is 56.5 Å². The third-order valence-corrected chi connectivity index (χ3v) is 1.24. The van der Waals surface area contributed by atoms with Crippen LogP contribution in [0.3, 0.4) is 0 Å². The van der Waals surface area contributed by atoms with Gasteiger partial charge in [0.25, 0.3) is 6.20 Å². The van der Waals surface area contributed by atoms with Crippen molar-refractivity contribution in [2.45, 2.75) is 13.8 Å². The van der Waals surface area contributed by atoms with E-state index in [-0.39, 0.29) is 0 Å². The average molecular weight is 196 g/mol. The number of rotatable bonds is 2. The Hall–Kier alpha value is -1.91. The lowest BCUT2D eigenvalue weighted by Gasteiger charge is -1.97. The Bertz CT molecular complexity index is 330. The van der Waals surface area contributed by atoms with Crippen LogP contribution in [0.4, 0.5) is 0 Å². The number of esters is 1. The number of nitrogens with zero attached hydrogens (tertiary/aromatic N) is 1. The molecule has 0 saturated carbocycles. The van der Waals surface area contributed by atoms with Gasteiger partial charge in [-0.05, 0) is 6.07 Å². The van der Waals surface area contributed by atoms with E-state index in [0.29, 0.717) is 5.75 Å². The third-order valence-electron chi connectivity index (χ3n) is 1.24. The minimum atomic E-state index is -0.449. The van der Waals surface area contributed by atoms with Gasteiger partial charge in [0.15, 0.2) is 5.75 Å². The summed E-state index contributed by atoms with van der Waals surface area (Å²) in [6.45, 7) is 2.58. The maximum atomic E-state index is 10.6. The zero-order valence-corrected chi connectivity index (χ0v) is 7.89. The smallest absolute Gasteiger partial charge is 0.377 e. The Morgan fingerprint density at radius 1 is 1.29 bits per heavy atom. The summed E-state index contributed by atoms with van der Waals surface area (Å²) in [5.41, 5.74) is 0. The molecule has 0 saturated heterocycles. The molecule has 0 aromatic carbocycles. The van der Waals surface area contributed by atoms with E-state index in [1.165, 1.54) is 31.0 Å². The molecule has 14 heavy (non-hydrogen) atoms. The second-order valence-electron chi connectivity index (χ2n) is 2.58. The molecule has 0 radical (unpaired) electrons. The van der Waals surface area contributed by atoms with Crippen molar-refractivity contribution in [1.82, 2.24) is 0 Å². The molecule has 1 rings (SSSR count). The molecule has 0 atom stereocenters. The molecule has 5 nitrogen and oxygen atoms in total. The van der Waals surface area contributed by atoms with Crippen molar-refractivity contribution in [1.29, 1.82) is 0 Å². The number of hydrogen-bond donors (Lipinski definition) is 0. The SMILES string of the molecule is CC(=O)Oc1ccc[n+](OC(C)=O)c1. The Morgan fingerprint density at radius 3 is 2.57 bits per heavy atom. The molecule has 0 bridgehead atoms. The van der Waals surface area contributed by atoms with E-state index >= 15 is 0 Å². The Morgan fingerprint density at radius 2 is 2.00 bits per heavy atom. The zero-order chi connectivity index (χ0) is 10.6. The van der Waals surface area contributed by atoms with Gasteiger partial charge >= 0.3 is 11.9 Å². The summed E-state index contributed by atoms with van der Waals surface area (Å²) < 4.78 is 5.95. The molecular weight excluding hydrogens is 186 g/mol. The maximum absolute atomic E-state index is 10.6. The first-order valence-corrected chi connectivity index (χ1v) is 3.96. The summed E-state index contributed by atoms with van der Waals surface area (Å²) in [7, 11) is 0. The number of aromatic nitrogens is 1. The van der Waals surface area contributed by atoms with E-state index in [4.69, 9.17) is 9.57 Å². The van der Waals surface area contributed by atoms with E-state index in [1.54, 1.807) is 12.1 Å². The molecule has 5 heteroatoms. The molecule has 0 amide bonds. The van der Waals surface area contributed by atoms with Gasteiger partial charge in [-0.1, -0.05) is 0 Å². The number of pyridine rings is 1. The highest BCUT2D eigenvalue weighted by Crippen LogP contribution is 2.04. The second-order valence-corrected chi connectivity index (χ2v) is 2.58. The Labute approximate surface area is 80.8 Å². The summed E-state index contributed by atoms with van der Waals surface area (Å²) in [4.78, 5) is 25.9. The number of carbonyl (C=O) groups is 2. The van der Waals surface area contributed by atoms with Crippen molar-refractivity contribution in [2.75, 3.05) is 0 Å². The number of carbonyl (C=O) groups excluding carboxylic acids is 2. The molecule has 74 valence electrons. The van der Waals surface area contributed by atoms with Crippen LogP contribution in [0.25, 0.3) is 0 Å². The minimum absolute atomic E-state index is 0.321. The summed E-state index contributed by atoms with van der Waals surface area (Å²) in [5.74, 6) is -0.554. The predicted octanol–water partition coefficient (Wildman–Crippen LogP) is -0.125. The third kappa shape index (κ3) is 3.22. The quantitative estimate of drug-likeness (QED) is 0.488. The van der Waals surface area contributed by atoms with Gasteiger partial charge in [-0.15, -0.1) is 0 Å². The van der Waals surface area contributed by atoms with E-state index < -0.39 is 11.9 Å². The highest BCUT2D eigenvalue weighted by Gasteiger charge is 2.08. The lowest BCUT2D eigenvalue weighted by atomic mass is 10.5. The predicted molar refractivity (Wildman–Crippen MR) is 45.2 cm³/mol.